The molecule has 60 valence electrons. The number of quaternary nitrogens is 1. The summed E-state index contributed by atoms with van der Waals surface area (Å²) in [5.41, 5.74) is 0. The van der Waals surface area contributed by atoms with E-state index in [0.717, 1.165) is 17.6 Å². The Morgan fingerprint density at radius 2 is 1.90 bits per heavy atom. The quantitative estimate of drug-likeness (QED) is 0.309. The zero-order valence-corrected chi connectivity index (χ0v) is 11.2. The van der Waals surface area contributed by atoms with E-state index in [-0.39, 0.29) is 12.4 Å². The van der Waals surface area contributed by atoms with E-state index >= 15 is 0 Å². The predicted octanol–water partition coefficient (Wildman–Crippen LogP) is -2.14. The van der Waals surface area contributed by atoms with Crippen LogP contribution < -0.4 is 12.4 Å². The molecule has 0 bridgehead atoms. The molecule has 0 aromatic carbocycles. The first kappa shape index (κ1) is 13.7. The summed E-state index contributed by atoms with van der Waals surface area (Å²) in [5, 5.41) is 0. The Morgan fingerprint density at radius 1 is 1.40 bits per heavy atom. The zero-order valence-electron chi connectivity index (χ0n) is 6.73. The van der Waals surface area contributed by atoms with Crippen LogP contribution in [0.25, 0.3) is 0 Å². The molecule has 0 aliphatic rings. The standard InChI is InChI=1S/C5H13NO.2ClH.Zn/c1-6(2,3)4-5-7;;;/h4-5H2,1-3H3;2*1H;/q;;;+2/p-2. The number of hydrogen-bond acceptors (Lipinski definition) is 1. The molecule has 0 atom stereocenters. The molecule has 10 heavy (non-hydrogen) atoms. The second-order valence-corrected chi connectivity index (χ2v) is 5.48. The molecule has 0 aliphatic heterocycles. The molecule has 0 rings (SSSR count). The molecule has 0 amide bonds. The predicted molar refractivity (Wildman–Crippen MR) is 34.7 cm³/mol. The summed E-state index contributed by atoms with van der Waals surface area (Å²) in [6.07, 6.45) is 0. The second-order valence-electron chi connectivity index (χ2n) is 3.03. The van der Waals surface area contributed by atoms with E-state index in [4.69, 9.17) is 13.3 Å². The van der Waals surface area contributed by atoms with Crippen molar-refractivity contribution in [3.05, 3.63) is 0 Å². The molecule has 0 aromatic heterocycles. The summed E-state index contributed by atoms with van der Waals surface area (Å²) in [6, 6.07) is 0. The minimum Gasteiger partial charge on any atom is -1.00 e. The summed E-state index contributed by atoms with van der Waals surface area (Å²) in [4.78, 5) is 0. The fourth-order valence-corrected chi connectivity index (χ4v) is 1.46. The van der Waals surface area contributed by atoms with Gasteiger partial charge in [0.05, 0.1) is 0 Å². The Bertz CT molecular complexity index is 76.5. The maximum Gasteiger partial charge on any atom is -1.00 e. The molecule has 0 aromatic rings. The van der Waals surface area contributed by atoms with E-state index < -0.39 is 16.5 Å². The third-order valence-corrected chi connectivity index (χ3v) is 2.71. The van der Waals surface area contributed by atoms with Crippen LogP contribution in [0.2, 0.25) is 0 Å². The molecule has 2 nitrogen and oxygen atoms in total. The molecule has 0 unspecified atom stereocenters. The van der Waals surface area contributed by atoms with E-state index in [1.165, 1.54) is 0 Å². The van der Waals surface area contributed by atoms with Gasteiger partial charge < -0.3 is 12.4 Å². The van der Waals surface area contributed by atoms with Gasteiger partial charge in [-0.1, -0.05) is 0 Å². The van der Waals surface area contributed by atoms with Crippen LogP contribution in [-0.2, 0) is 20.1 Å². The Kier molecular flexibility index (Phi) is 9.33. The molecule has 0 radical (unpaired) electrons. The first-order chi connectivity index (χ1) is 4.06. The molecule has 0 heterocycles. The third-order valence-electron chi connectivity index (χ3n) is 0.984. The molecule has 0 saturated heterocycles. The van der Waals surface area contributed by atoms with Gasteiger partial charge in [-0.25, -0.2) is 0 Å². The SMILES string of the molecule is C[N+](C)(C)CC[O][Zn][Cl].[Cl-]. The van der Waals surface area contributed by atoms with Crippen LogP contribution in [0.5, 0.6) is 0 Å². The van der Waals surface area contributed by atoms with Gasteiger partial charge in [0.1, 0.15) is 0 Å². The van der Waals surface area contributed by atoms with Crippen LogP contribution in [0.3, 0.4) is 0 Å². The normalized spacial score (nSPS) is 10.0. The molecule has 0 fully saturated rings. The average Bonchev–Trinajstić information content (AvgIpc) is 1.63. The van der Waals surface area contributed by atoms with Crippen molar-refractivity contribution in [2.24, 2.45) is 0 Å². The molecular weight excluding hydrogens is 226 g/mol. The van der Waals surface area contributed by atoms with Crippen molar-refractivity contribution in [1.29, 1.82) is 0 Å². The maximum atomic E-state index is 5.49. The van der Waals surface area contributed by atoms with Crippen LogP contribution in [0.1, 0.15) is 0 Å². The number of hydrogen-bond donors (Lipinski definition) is 0. The minimum atomic E-state index is -1.04. The molecular formula is C5H13Cl2NOZn. The average molecular weight is 239 g/mol. The van der Waals surface area contributed by atoms with Crippen LogP contribution >= 0.6 is 9.69 Å². The fraction of sp³-hybridized carbons (Fsp3) is 1.00. The van der Waals surface area contributed by atoms with Crippen LogP contribution in [0.15, 0.2) is 0 Å². The number of likely N-dealkylation sites (N-methyl/N-ethyl adjacent to an activating group) is 1. The van der Waals surface area contributed by atoms with Crippen molar-refractivity contribution in [2.45, 2.75) is 0 Å². The van der Waals surface area contributed by atoms with Crippen molar-refractivity contribution >= 4 is 9.69 Å². The topological polar surface area (TPSA) is 9.23 Å². The van der Waals surface area contributed by atoms with Crippen molar-refractivity contribution in [3.8, 4) is 0 Å². The van der Waals surface area contributed by atoms with Gasteiger partial charge in [0, 0.05) is 0 Å². The Morgan fingerprint density at radius 3 is 2.20 bits per heavy atom. The zero-order chi connectivity index (χ0) is 7.33. The summed E-state index contributed by atoms with van der Waals surface area (Å²) in [6.45, 7) is 1.88. The second kappa shape index (κ2) is 6.81. The van der Waals surface area contributed by atoms with Gasteiger partial charge in [0.15, 0.2) is 0 Å². The van der Waals surface area contributed by atoms with E-state index in [1.807, 2.05) is 0 Å². The van der Waals surface area contributed by atoms with Gasteiger partial charge in [-0.05, 0) is 0 Å². The summed E-state index contributed by atoms with van der Waals surface area (Å²) >= 11 is -1.04. The fourth-order valence-electron chi connectivity index (χ4n) is 0.393. The number of rotatable bonds is 4. The van der Waals surface area contributed by atoms with Gasteiger partial charge in [0.25, 0.3) is 0 Å². The van der Waals surface area contributed by atoms with Crippen LogP contribution in [0.4, 0.5) is 0 Å². The largest absolute Gasteiger partial charge is 1.00 e. The van der Waals surface area contributed by atoms with Gasteiger partial charge >= 0.3 is 68.5 Å². The maximum absolute atomic E-state index is 5.49. The van der Waals surface area contributed by atoms with Crippen LogP contribution in [0, 0.1) is 0 Å². The Hall–Kier alpha value is 1.12. The van der Waals surface area contributed by atoms with Crippen molar-refractivity contribution < 1.29 is 36.9 Å². The monoisotopic (exact) mass is 237 g/mol. The number of halogens is 2. The van der Waals surface area contributed by atoms with Crippen LogP contribution in [-0.4, -0.2) is 38.8 Å². The molecule has 0 N–H and O–H groups in total. The van der Waals surface area contributed by atoms with Gasteiger partial charge in [-0.2, -0.15) is 0 Å². The molecule has 5 heteroatoms. The summed E-state index contributed by atoms with van der Waals surface area (Å²) in [5.74, 6) is 0. The number of nitrogens with zero attached hydrogens (tertiary/aromatic N) is 1. The van der Waals surface area contributed by atoms with E-state index in [2.05, 4.69) is 21.1 Å². The first-order valence-electron chi connectivity index (χ1n) is 3.00. The van der Waals surface area contributed by atoms with E-state index in [9.17, 15) is 0 Å². The third kappa shape index (κ3) is 11.9. The summed E-state index contributed by atoms with van der Waals surface area (Å²) in [7, 11) is 11.9. The van der Waals surface area contributed by atoms with Gasteiger partial charge in [-0.15, -0.1) is 0 Å². The van der Waals surface area contributed by atoms with Crippen molar-refractivity contribution in [2.75, 3.05) is 34.3 Å². The van der Waals surface area contributed by atoms with E-state index in [1.54, 1.807) is 0 Å². The minimum absolute atomic E-state index is 0. The van der Waals surface area contributed by atoms with Crippen molar-refractivity contribution in [3.63, 3.8) is 0 Å². The molecule has 0 spiro atoms. The van der Waals surface area contributed by atoms with Gasteiger partial charge in [-0.3, -0.25) is 0 Å². The first-order valence-corrected chi connectivity index (χ1v) is 8.11. The Labute approximate surface area is 80.9 Å². The molecule has 0 saturated carbocycles. The Balaban J connectivity index is 0. The smallest absolute Gasteiger partial charge is 1.00 e. The summed E-state index contributed by atoms with van der Waals surface area (Å²) < 4.78 is 6.10. The van der Waals surface area contributed by atoms with E-state index in [0.29, 0.717) is 0 Å². The molecule has 0 aliphatic carbocycles. The van der Waals surface area contributed by atoms with Crippen molar-refractivity contribution in [1.82, 2.24) is 0 Å². The van der Waals surface area contributed by atoms with Gasteiger partial charge in [0.2, 0.25) is 0 Å².